The number of nitrogens with one attached hydrogen (secondary N) is 2. The highest BCUT2D eigenvalue weighted by Gasteiger charge is 2.03. The Kier molecular flexibility index (Phi) is 4.18. The van der Waals surface area contributed by atoms with Gasteiger partial charge in [-0.25, -0.2) is 4.98 Å². The molecule has 0 radical (unpaired) electrons. The second-order valence-corrected chi connectivity index (χ2v) is 4.06. The van der Waals surface area contributed by atoms with Gasteiger partial charge in [-0.05, 0) is 38.1 Å². The minimum atomic E-state index is 0.596. The number of anilines is 3. The van der Waals surface area contributed by atoms with E-state index in [1.54, 1.807) is 13.2 Å². The highest BCUT2D eigenvalue weighted by Crippen LogP contribution is 2.21. The van der Waals surface area contributed by atoms with Crippen LogP contribution >= 0.6 is 0 Å². The molecule has 2 rings (SSSR count). The van der Waals surface area contributed by atoms with Gasteiger partial charge in [0.1, 0.15) is 11.6 Å². The second-order valence-electron chi connectivity index (χ2n) is 4.06. The highest BCUT2D eigenvalue weighted by atomic mass is 16.5. The van der Waals surface area contributed by atoms with E-state index in [0.717, 1.165) is 22.8 Å². The lowest BCUT2D eigenvalue weighted by Gasteiger charge is -2.10. The van der Waals surface area contributed by atoms with Crippen LogP contribution in [0.2, 0.25) is 0 Å². The number of hydrogen-bond acceptors (Lipinski definition) is 5. The van der Waals surface area contributed by atoms with E-state index in [0.29, 0.717) is 12.6 Å². The van der Waals surface area contributed by atoms with Gasteiger partial charge in [0, 0.05) is 24.5 Å². The smallest absolute Gasteiger partial charge is 0.224 e. The summed E-state index contributed by atoms with van der Waals surface area (Å²) < 4.78 is 5.41. The molecule has 2 N–H and O–H groups in total. The molecule has 0 bridgehead atoms. The molecule has 0 atom stereocenters. The third kappa shape index (κ3) is 3.34. The lowest BCUT2D eigenvalue weighted by Crippen LogP contribution is -2.02. The molecule has 5 heteroatoms. The van der Waals surface area contributed by atoms with E-state index in [2.05, 4.69) is 20.6 Å². The van der Waals surface area contributed by atoms with E-state index in [9.17, 15) is 0 Å². The van der Waals surface area contributed by atoms with Gasteiger partial charge < -0.3 is 15.4 Å². The van der Waals surface area contributed by atoms with Gasteiger partial charge in [0.05, 0.1) is 6.61 Å². The zero-order valence-corrected chi connectivity index (χ0v) is 11.4. The molecule has 1 heterocycles. The van der Waals surface area contributed by atoms with Crippen molar-refractivity contribution >= 4 is 17.5 Å². The lowest BCUT2D eigenvalue weighted by molar-refractivity contribution is 0.340. The van der Waals surface area contributed by atoms with Gasteiger partial charge in [-0.3, -0.25) is 0 Å². The Bertz CT molecular complexity index is 540. The van der Waals surface area contributed by atoms with E-state index < -0.39 is 0 Å². The quantitative estimate of drug-likeness (QED) is 0.863. The van der Waals surface area contributed by atoms with Gasteiger partial charge in [-0.15, -0.1) is 0 Å². The van der Waals surface area contributed by atoms with Gasteiger partial charge in [0.2, 0.25) is 5.95 Å². The third-order valence-electron chi connectivity index (χ3n) is 2.62. The summed E-state index contributed by atoms with van der Waals surface area (Å²) in [6, 6.07) is 7.79. The van der Waals surface area contributed by atoms with Gasteiger partial charge in [-0.1, -0.05) is 0 Å². The molecule has 100 valence electrons. The monoisotopic (exact) mass is 258 g/mol. The van der Waals surface area contributed by atoms with Gasteiger partial charge in [-0.2, -0.15) is 4.98 Å². The maximum absolute atomic E-state index is 5.41. The van der Waals surface area contributed by atoms with E-state index in [4.69, 9.17) is 4.74 Å². The summed E-state index contributed by atoms with van der Waals surface area (Å²) in [6.07, 6.45) is 1.79. The van der Waals surface area contributed by atoms with Crippen LogP contribution in [0.25, 0.3) is 0 Å². The molecule has 5 nitrogen and oxygen atoms in total. The molecule has 0 saturated carbocycles. The van der Waals surface area contributed by atoms with Crippen molar-refractivity contribution in [2.45, 2.75) is 13.8 Å². The van der Waals surface area contributed by atoms with Crippen molar-refractivity contribution in [2.24, 2.45) is 0 Å². The van der Waals surface area contributed by atoms with Crippen LogP contribution in [-0.2, 0) is 0 Å². The highest BCUT2D eigenvalue weighted by molar-refractivity contribution is 5.60. The van der Waals surface area contributed by atoms with Crippen molar-refractivity contribution in [1.29, 1.82) is 0 Å². The largest absolute Gasteiger partial charge is 0.494 e. The van der Waals surface area contributed by atoms with Crippen LogP contribution in [0.15, 0.2) is 30.5 Å². The Balaban J connectivity index is 2.16. The summed E-state index contributed by atoms with van der Waals surface area (Å²) in [4.78, 5) is 8.54. The molecule has 19 heavy (non-hydrogen) atoms. The van der Waals surface area contributed by atoms with Crippen molar-refractivity contribution in [1.82, 2.24) is 9.97 Å². The van der Waals surface area contributed by atoms with Crippen LogP contribution in [0.1, 0.15) is 12.5 Å². The Morgan fingerprint density at radius 2 is 1.95 bits per heavy atom. The molecule has 0 spiro atoms. The van der Waals surface area contributed by atoms with Crippen LogP contribution in [0, 0.1) is 6.92 Å². The van der Waals surface area contributed by atoms with E-state index in [1.807, 2.05) is 38.1 Å². The van der Waals surface area contributed by atoms with Crippen LogP contribution in [-0.4, -0.2) is 23.6 Å². The maximum Gasteiger partial charge on any atom is 0.224 e. The van der Waals surface area contributed by atoms with Gasteiger partial charge in [0.15, 0.2) is 0 Å². The maximum atomic E-state index is 5.41. The summed E-state index contributed by atoms with van der Waals surface area (Å²) in [5, 5.41) is 6.19. The molecule has 0 unspecified atom stereocenters. The molecule has 0 saturated heterocycles. The number of hydrogen-bond donors (Lipinski definition) is 2. The molecular formula is C14H18N4O. The van der Waals surface area contributed by atoms with Crippen LogP contribution < -0.4 is 15.4 Å². The Labute approximate surface area is 113 Å². The van der Waals surface area contributed by atoms with Crippen molar-refractivity contribution in [3.05, 3.63) is 36.0 Å². The summed E-state index contributed by atoms with van der Waals surface area (Å²) in [6.45, 7) is 4.61. The fourth-order valence-electron chi connectivity index (χ4n) is 1.63. The number of nitrogens with zero attached hydrogens (tertiary/aromatic N) is 2. The molecule has 0 aliphatic rings. The number of aromatic nitrogens is 2. The summed E-state index contributed by atoms with van der Waals surface area (Å²) in [5.41, 5.74) is 1.96. The normalized spacial score (nSPS) is 10.1. The predicted molar refractivity (Wildman–Crippen MR) is 77.2 cm³/mol. The standard InChI is InChI=1S/C14H18N4O/c1-4-19-12-7-5-11(6-8-12)17-13-10(2)9-16-14(15-3)18-13/h5-9H,4H2,1-3H3,(H2,15,16,17,18). The second kappa shape index (κ2) is 6.04. The predicted octanol–water partition coefficient (Wildman–Crippen LogP) is 2.97. The van der Waals surface area contributed by atoms with Crippen LogP contribution in [0.3, 0.4) is 0 Å². The number of rotatable bonds is 5. The third-order valence-corrected chi connectivity index (χ3v) is 2.62. The number of ether oxygens (including phenoxy) is 1. The first-order chi connectivity index (χ1) is 9.22. The molecule has 0 amide bonds. The first-order valence-corrected chi connectivity index (χ1v) is 6.24. The zero-order chi connectivity index (χ0) is 13.7. The summed E-state index contributed by atoms with van der Waals surface area (Å²) >= 11 is 0. The van der Waals surface area contributed by atoms with E-state index in [1.165, 1.54) is 0 Å². The number of benzene rings is 1. The minimum absolute atomic E-state index is 0.596. The molecule has 1 aromatic carbocycles. The fourth-order valence-corrected chi connectivity index (χ4v) is 1.63. The van der Waals surface area contributed by atoms with Gasteiger partial charge >= 0.3 is 0 Å². The van der Waals surface area contributed by atoms with Crippen molar-refractivity contribution in [3.63, 3.8) is 0 Å². The Morgan fingerprint density at radius 3 is 2.58 bits per heavy atom. The Hall–Kier alpha value is -2.30. The molecule has 1 aromatic heterocycles. The van der Waals surface area contributed by atoms with Crippen LogP contribution in [0.5, 0.6) is 5.75 Å². The van der Waals surface area contributed by atoms with Crippen LogP contribution in [0.4, 0.5) is 17.5 Å². The molecular weight excluding hydrogens is 240 g/mol. The summed E-state index contributed by atoms with van der Waals surface area (Å²) in [5.74, 6) is 2.26. The number of aryl methyl sites for hydroxylation is 1. The minimum Gasteiger partial charge on any atom is -0.494 e. The zero-order valence-electron chi connectivity index (χ0n) is 11.4. The molecule has 0 aliphatic heterocycles. The fraction of sp³-hybridized carbons (Fsp3) is 0.286. The Morgan fingerprint density at radius 1 is 1.21 bits per heavy atom. The SMILES string of the molecule is CCOc1ccc(Nc2nc(NC)ncc2C)cc1. The lowest BCUT2D eigenvalue weighted by atomic mass is 10.3. The molecule has 0 aliphatic carbocycles. The van der Waals surface area contributed by atoms with Crippen molar-refractivity contribution in [3.8, 4) is 5.75 Å². The van der Waals surface area contributed by atoms with E-state index >= 15 is 0 Å². The average molecular weight is 258 g/mol. The van der Waals surface area contributed by atoms with Crippen molar-refractivity contribution < 1.29 is 4.74 Å². The molecule has 2 aromatic rings. The first kappa shape index (κ1) is 13.1. The van der Waals surface area contributed by atoms with E-state index in [-0.39, 0.29) is 0 Å². The van der Waals surface area contributed by atoms with Crippen molar-refractivity contribution in [2.75, 3.05) is 24.3 Å². The van der Waals surface area contributed by atoms with Gasteiger partial charge in [0.25, 0.3) is 0 Å². The summed E-state index contributed by atoms with van der Waals surface area (Å²) in [7, 11) is 1.80. The first-order valence-electron chi connectivity index (χ1n) is 6.24. The molecule has 0 fully saturated rings. The average Bonchev–Trinajstić information content (AvgIpc) is 2.44. The topological polar surface area (TPSA) is 59.1 Å².